The Labute approximate surface area is 162 Å². The summed E-state index contributed by atoms with van der Waals surface area (Å²) in [5.41, 5.74) is 1.17. The Kier molecular flexibility index (Phi) is 9.39. The molecule has 1 unspecified atom stereocenters. The standard InChI is InChI=1S/C18H27N3O2.2ClH/c1-23-16-8-4-7-15(12-16)21-11-5-6-14(13-21)20-18(22)17-9-2-3-10-19-17;;/h4,7-8,12,14,17,19H,2-3,5-6,9-11,13H2,1H3,(H,20,22);2*1H/t14?,17-;;/m1../s1. The van der Waals surface area contributed by atoms with Crippen molar-refractivity contribution in [2.24, 2.45) is 0 Å². The highest BCUT2D eigenvalue weighted by atomic mass is 35.5. The van der Waals surface area contributed by atoms with Crippen molar-refractivity contribution < 1.29 is 9.53 Å². The Bertz CT molecular complexity index is 539. The number of benzene rings is 1. The molecule has 5 nitrogen and oxygen atoms in total. The number of nitrogens with one attached hydrogen (secondary N) is 2. The maximum atomic E-state index is 12.4. The molecule has 2 heterocycles. The molecule has 1 aromatic rings. The van der Waals surface area contributed by atoms with Gasteiger partial charge in [-0.1, -0.05) is 12.5 Å². The van der Waals surface area contributed by atoms with Gasteiger partial charge in [0, 0.05) is 30.9 Å². The molecule has 0 radical (unpaired) electrons. The summed E-state index contributed by atoms with van der Waals surface area (Å²) in [5, 5.41) is 6.57. The van der Waals surface area contributed by atoms with Crippen LogP contribution in [0.15, 0.2) is 24.3 Å². The zero-order valence-electron chi connectivity index (χ0n) is 14.7. The second-order valence-corrected chi connectivity index (χ2v) is 6.50. The topological polar surface area (TPSA) is 53.6 Å². The van der Waals surface area contributed by atoms with Crippen LogP contribution in [0.5, 0.6) is 5.75 Å². The van der Waals surface area contributed by atoms with Crippen molar-refractivity contribution in [2.75, 3.05) is 31.6 Å². The third-order valence-corrected chi connectivity index (χ3v) is 4.81. The lowest BCUT2D eigenvalue weighted by Gasteiger charge is -2.36. The minimum Gasteiger partial charge on any atom is -0.497 e. The quantitative estimate of drug-likeness (QED) is 0.830. The molecule has 2 saturated heterocycles. The Morgan fingerprint density at radius 2 is 2.08 bits per heavy atom. The second kappa shape index (κ2) is 10.7. The molecule has 2 aliphatic rings. The van der Waals surface area contributed by atoms with E-state index in [2.05, 4.69) is 27.7 Å². The third-order valence-electron chi connectivity index (χ3n) is 4.81. The fourth-order valence-corrected chi connectivity index (χ4v) is 3.51. The van der Waals surface area contributed by atoms with Crippen molar-refractivity contribution in [3.63, 3.8) is 0 Å². The van der Waals surface area contributed by atoms with Crippen molar-refractivity contribution >= 4 is 36.4 Å². The largest absolute Gasteiger partial charge is 0.497 e. The van der Waals surface area contributed by atoms with Gasteiger partial charge in [0.25, 0.3) is 0 Å². The van der Waals surface area contributed by atoms with Crippen molar-refractivity contribution in [3.8, 4) is 5.75 Å². The monoisotopic (exact) mass is 389 g/mol. The zero-order chi connectivity index (χ0) is 16.1. The van der Waals surface area contributed by atoms with Crippen LogP contribution in [-0.2, 0) is 4.79 Å². The van der Waals surface area contributed by atoms with Crippen molar-refractivity contribution in [2.45, 2.75) is 44.2 Å². The number of halogens is 2. The summed E-state index contributed by atoms with van der Waals surface area (Å²) in [4.78, 5) is 14.7. The molecule has 0 bridgehead atoms. The van der Waals surface area contributed by atoms with Crippen LogP contribution in [0.4, 0.5) is 5.69 Å². The maximum absolute atomic E-state index is 12.4. The number of carbonyl (C=O) groups is 1. The molecule has 7 heteroatoms. The normalized spacial score (nSPS) is 23.0. The number of rotatable bonds is 4. The van der Waals surface area contributed by atoms with E-state index in [1.54, 1.807) is 7.11 Å². The lowest BCUT2D eigenvalue weighted by molar-refractivity contribution is -0.124. The van der Waals surface area contributed by atoms with E-state index in [0.717, 1.165) is 51.1 Å². The van der Waals surface area contributed by atoms with Gasteiger partial charge in [0.05, 0.1) is 13.2 Å². The molecule has 0 aromatic heterocycles. The van der Waals surface area contributed by atoms with E-state index in [0.29, 0.717) is 0 Å². The summed E-state index contributed by atoms with van der Waals surface area (Å²) in [6.45, 7) is 2.85. The third kappa shape index (κ3) is 5.94. The van der Waals surface area contributed by atoms with E-state index in [-0.39, 0.29) is 42.8 Å². The first-order valence-corrected chi connectivity index (χ1v) is 8.69. The lowest BCUT2D eigenvalue weighted by atomic mass is 10.0. The van der Waals surface area contributed by atoms with Crippen LogP contribution in [0.25, 0.3) is 0 Å². The summed E-state index contributed by atoms with van der Waals surface area (Å²) in [7, 11) is 1.69. The molecular weight excluding hydrogens is 361 g/mol. The van der Waals surface area contributed by atoms with Gasteiger partial charge in [-0.2, -0.15) is 0 Å². The molecule has 2 fully saturated rings. The summed E-state index contributed by atoms with van der Waals surface area (Å²) in [5.74, 6) is 1.04. The number of piperidine rings is 2. The fraction of sp³-hybridized carbons (Fsp3) is 0.611. The summed E-state index contributed by atoms with van der Waals surface area (Å²) < 4.78 is 5.31. The van der Waals surface area contributed by atoms with Gasteiger partial charge in [-0.05, 0) is 44.4 Å². The van der Waals surface area contributed by atoms with Crippen molar-refractivity contribution in [3.05, 3.63) is 24.3 Å². The van der Waals surface area contributed by atoms with Crippen LogP contribution in [0.2, 0.25) is 0 Å². The average molecular weight is 390 g/mol. The predicted octanol–water partition coefficient (Wildman–Crippen LogP) is 2.77. The zero-order valence-corrected chi connectivity index (χ0v) is 16.3. The van der Waals surface area contributed by atoms with Gasteiger partial charge in [0.1, 0.15) is 5.75 Å². The average Bonchev–Trinajstić information content (AvgIpc) is 2.63. The molecule has 2 N–H and O–H groups in total. The lowest BCUT2D eigenvalue weighted by Crippen LogP contribution is -2.54. The van der Waals surface area contributed by atoms with Crippen molar-refractivity contribution in [1.82, 2.24) is 10.6 Å². The fourth-order valence-electron chi connectivity index (χ4n) is 3.51. The van der Waals surface area contributed by atoms with Crippen LogP contribution in [0.3, 0.4) is 0 Å². The number of hydrogen-bond donors (Lipinski definition) is 2. The van der Waals surface area contributed by atoms with E-state index in [9.17, 15) is 4.79 Å². The highest BCUT2D eigenvalue weighted by Gasteiger charge is 2.26. The molecule has 0 saturated carbocycles. The Morgan fingerprint density at radius 3 is 2.80 bits per heavy atom. The Balaban J connectivity index is 0.00000156. The van der Waals surface area contributed by atoms with E-state index in [1.165, 1.54) is 12.1 Å². The number of ether oxygens (including phenoxy) is 1. The SMILES string of the molecule is COc1cccc(N2CCCC(NC(=O)[C@H]3CCCCN3)C2)c1.Cl.Cl. The van der Waals surface area contributed by atoms with Gasteiger partial charge in [0.15, 0.2) is 0 Å². The highest BCUT2D eigenvalue weighted by Crippen LogP contribution is 2.24. The molecule has 2 atom stereocenters. The number of hydrogen-bond acceptors (Lipinski definition) is 4. The molecule has 1 amide bonds. The molecule has 1 aromatic carbocycles. The van der Waals surface area contributed by atoms with Gasteiger partial charge in [-0.25, -0.2) is 0 Å². The molecule has 142 valence electrons. The molecule has 3 rings (SSSR count). The first kappa shape index (κ1) is 21.9. The molecule has 0 aliphatic carbocycles. The van der Waals surface area contributed by atoms with E-state index < -0.39 is 0 Å². The van der Waals surface area contributed by atoms with Crippen LogP contribution >= 0.6 is 24.8 Å². The summed E-state index contributed by atoms with van der Waals surface area (Å²) >= 11 is 0. The molecular formula is C18H29Cl2N3O2. The van der Waals surface area contributed by atoms with Crippen LogP contribution in [-0.4, -0.2) is 44.7 Å². The highest BCUT2D eigenvalue weighted by molar-refractivity contribution is 5.85. The number of methoxy groups -OCH3 is 1. The smallest absolute Gasteiger partial charge is 0.237 e. The predicted molar refractivity (Wildman–Crippen MR) is 107 cm³/mol. The van der Waals surface area contributed by atoms with Crippen LogP contribution in [0, 0.1) is 0 Å². The van der Waals surface area contributed by atoms with Gasteiger partial charge in [-0.15, -0.1) is 24.8 Å². The van der Waals surface area contributed by atoms with E-state index in [1.807, 2.05) is 12.1 Å². The molecule has 0 spiro atoms. The molecule has 25 heavy (non-hydrogen) atoms. The minimum atomic E-state index is -0.00375. The van der Waals surface area contributed by atoms with Crippen LogP contribution < -0.4 is 20.3 Å². The first-order valence-electron chi connectivity index (χ1n) is 8.69. The minimum absolute atomic E-state index is 0. The van der Waals surface area contributed by atoms with Gasteiger partial charge < -0.3 is 20.3 Å². The van der Waals surface area contributed by atoms with Crippen LogP contribution in [0.1, 0.15) is 32.1 Å². The van der Waals surface area contributed by atoms with Gasteiger partial charge >= 0.3 is 0 Å². The Hall–Kier alpha value is -1.17. The summed E-state index contributed by atoms with van der Waals surface area (Å²) in [6.07, 6.45) is 5.43. The van der Waals surface area contributed by atoms with Crippen molar-refractivity contribution in [1.29, 1.82) is 0 Å². The van der Waals surface area contributed by atoms with Gasteiger partial charge in [0.2, 0.25) is 5.91 Å². The first-order chi connectivity index (χ1) is 11.3. The molecule has 2 aliphatic heterocycles. The maximum Gasteiger partial charge on any atom is 0.237 e. The summed E-state index contributed by atoms with van der Waals surface area (Å²) in [6, 6.07) is 8.37. The van der Waals surface area contributed by atoms with Gasteiger partial charge in [-0.3, -0.25) is 4.79 Å². The second-order valence-electron chi connectivity index (χ2n) is 6.50. The Morgan fingerprint density at radius 1 is 1.24 bits per heavy atom. The number of carbonyl (C=O) groups excluding carboxylic acids is 1. The van der Waals surface area contributed by atoms with E-state index in [4.69, 9.17) is 4.74 Å². The number of amides is 1. The van der Waals surface area contributed by atoms with E-state index >= 15 is 0 Å². The number of anilines is 1. The number of nitrogens with zero attached hydrogens (tertiary/aromatic N) is 1.